The van der Waals surface area contributed by atoms with Gasteiger partial charge in [0.15, 0.2) is 0 Å². The second-order valence-corrected chi connectivity index (χ2v) is 6.65. The number of alkyl halides is 1. The normalized spacial score (nSPS) is 18.5. The van der Waals surface area contributed by atoms with Gasteiger partial charge in [0, 0.05) is 4.83 Å². The Morgan fingerprint density at radius 3 is 2.35 bits per heavy atom. The van der Waals surface area contributed by atoms with Crippen molar-refractivity contribution in [3.05, 3.63) is 34.9 Å². The summed E-state index contributed by atoms with van der Waals surface area (Å²) < 4.78 is 0. The summed E-state index contributed by atoms with van der Waals surface area (Å²) in [6, 6.07) is 6.64. The van der Waals surface area contributed by atoms with Gasteiger partial charge in [-0.2, -0.15) is 0 Å². The summed E-state index contributed by atoms with van der Waals surface area (Å²) in [4.78, 5) is 0.726. The molecule has 94 valence electrons. The average Bonchev–Trinajstić information content (AvgIpc) is 2.81. The largest absolute Gasteiger partial charge is 0.0888 e. The Hall–Kier alpha value is -0.300. The molecule has 1 heteroatoms. The molecule has 0 amide bonds. The topological polar surface area (TPSA) is 0 Å². The molecule has 1 fully saturated rings. The van der Waals surface area contributed by atoms with Crippen LogP contribution in [0.25, 0.3) is 0 Å². The fourth-order valence-electron chi connectivity index (χ4n) is 3.08. The summed E-state index contributed by atoms with van der Waals surface area (Å²) in [7, 11) is 0. The smallest absolute Gasteiger partial charge is 0.0177 e. The molecule has 0 aliphatic heterocycles. The van der Waals surface area contributed by atoms with Gasteiger partial charge in [0.2, 0.25) is 0 Å². The summed E-state index contributed by atoms with van der Waals surface area (Å²) in [6.45, 7) is 4.47. The molecule has 1 saturated carbocycles. The minimum atomic E-state index is 0.726. The highest BCUT2D eigenvalue weighted by Gasteiger charge is 2.22. The molecule has 0 aromatic heterocycles. The fourth-order valence-corrected chi connectivity index (χ4v) is 3.84. The summed E-state index contributed by atoms with van der Waals surface area (Å²) in [6.07, 6.45) is 8.26. The standard InChI is InChI=1S/C16H23Br/c1-12-6-5-7-13(2)15(12)10-11-16(17)14-8-3-4-9-14/h5-7,14,16H,3-4,8-11H2,1-2H3. The van der Waals surface area contributed by atoms with Crippen LogP contribution >= 0.6 is 15.9 Å². The Labute approximate surface area is 114 Å². The van der Waals surface area contributed by atoms with Crippen LogP contribution in [0.2, 0.25) is 0 Å². The third-order valence-corrected chi connectivity index (χ3v) is 5.43. The maximum Gasteiger partial charge on any atom is 0.0177 e. The van der Waals surface area contributed by atoms with Gasteiger partial charge in [-0.15, -0.1) is 0 Å². The first-order chi connectivity index (χ1) is 8.18. The zero-order valence-corrected chi connectivity index (χ0v) is 12.6. The van der Waals surface area contributed by atoms with Crippen molar-refractivity contribution in [3.8, 4) is 0 Å². The van der Waals surface area contributed by atoms with Crippen molar-refractivity contribution in [1.82, 2.24) is 0 Å². The predicted octanol–water partition coefficient (Wildman–Crippen LogP) is 5.19. The molecule has 17 heavy (non-hydrogen) atoms. The van der Waals surface area contributed by atoms with Gasteiger partial charge >= 0.3 is 0 Å². The maximum atomic E-state index is 3.91. The first kappa shape index (κ1) is 13.1. The number of hydrogen-bond acceptors (Lipinski definition) is 0. The monoisotopic (exact) mass is 294 g/mol. The molecule has 0 saturated heterocycles. The van der Waals surface area contributed by atoms with Crippen LogP contribution in [0, 0.1) is 19.8 Å². The van der Waals surface area contributed by atoms with Gasteiger partial charge in [0.25, 0.3) is 0 Å². The van der Waals surface area contributed by atoms with E-state index < -0.39 is 0 Å². The molecule has 1 aromatic carbocycles. The van der Waals surface area contributed by atoms with E-state index in [2.05, 4.69) is 48.0 Å². The molecular formula is C16H23Br. The van der Waals surface area contributed by atoms with Crippen LogP contribution in [-0.2, 0) is 6.42 Å². The SMILES string of the molecule is Cc1cccc(C)c1CCC(Br)C1CCCC1. The van der Waals surface area contributed by atoms with Crippen molar-refractivity contribution in [3.63, 3.8) is 0 Å². The highest BCUT2D eigenvalue weighted by atomic mass is 79.9. The molecule has 1 atom stereocenters. The first-order valence-electron chi connectivity index (χ1n) is 6.87. The highest BCUT2D eigenvalue weighted by molar-refractivity contribution is 9.09. The molecule has 0 bridgehead atoms. The van der Waals surface area contributed by atoms with E-state index in [1.165, 1.54) is 49.7 Å². The lowest BCUT2D eigenvalue weighted by Gasteiger charge is -2.18. The quantitative estimate of drug-likeness (QED) is 0.671. The van der Waals surface area contributed by atoms with Crippen LogP contribution in [0.15, 0.2) is 18.2 Å². The van der Waals surface area contributed by atoms with Crippen molar-refractivity contribution in [2.45, 2.75) is 57.2 Å². The minimum absolute atomic E-state index is 0.726. The average molecular weight is 295 g/mol. The van der Waals surface area contributed by atoms with Crippen molar-refractivity contribution in [1.29, 1.82) is 0 Å². The molecule has 0 N–H and O–H groups in total. The summed E-state index contributed by atoms with van der Waals surface area (Å²) in [5, 5.41) is 0. The Balaban J connectivity index is 1.92. The third kappa shape index (κ3) is 3.34. The van der Waals surface area contributed by atoms with Gasteiger partial charge in [0.05, 0.1) is 0 Å². The van der Waals surface area contributed by atoms with E-state index in [1.54, 1.807) is 5.56 Å². The zero-order chi connectivity index (χ0) is 12.3. The molecule has 0 nitrogen and oxygen atoms in total. The lowest BCUT2D eigenvalue weighted by atomic mass is 9.94. The Kier molecular flexibility index (Phi) is 4.67. The molecule has 0 heterocycles. The number of aryl methyl sites for hydroxylation is 2. The van der Waals surface area contributed by atoms with Crippen LogP contribution in [-0.4, -0.2) is 4.83 Å². The van der Waals surface area contributed by atoms with Crippen LogP contribution in [0.4, 0.5) is 0 Å². The fraction of sp³-hybridized carbons (Fsp3) is 0.625. The number of benzene rings is 1. The molecule has 1 aliphatic rings. The molecular weight excluding hydrogens is 272 g/mol. The van der Waals surface area contributed by atoms with E-state index >= 15 is 0 Å². The molecule has 0 spiro atoms. The Morgan fingerprint density at radius 1 is 1.18 bits per heavy atom. The second kappa shape index (κ2) is 6.04. The van der Waals surface area contributed by atoms with Gasteiger partial charge in [-0.25, -0.2) is 0 Å². The number of rotatable bonds is 4. The van der Waals surface area contributed by atoms with Crippen LogP contribution in [0.3, 0.4) is 0 Å². The van der Waals surface area contributed by atoms with E-state index in [1.807, 2.05) is 0 Å². The minimum Gasteiger partial charge on any atom is -0.0888 e. The van der Waals surface area contributed by atoms with E-state index in [4.69, 9.17) is 0 Å². The van der Waals surface area contributed by atoms with Crippen LogP contribution < -0.4 is 0 Å². The maximum absolute atomic E-state index is 3.91. The van der Waals surface area contributed by atoms with E-state index in [9.17, 15) is 0 Å². The highest BCUT2D eigenvalue weighted by Crippen LogP contribution is 2.34. The van der Waals surface area contributed by atoms with E-state index in [0.717, 1.165) is 10.7 Å². The van der Waals surface area contributed by atoms with Crippen molar-refractivity contribution in [2.24, 2.45) is 5.92 Å². The van der Waals surface area contributed by atoms with Gasteiger partial charge in [-0.1, -0.05) is 47.0 Å². The van der Waals surface area contributed by atoms with Gasteiger partial charge in [0.1, 0.15) is 0 Å². The van der Waals surface area contributed by atoms with Crippen LogP contribution in [0.5, 0.6) is 0 Å². The second-order valence-electron chi connectivity index (χ2n) is 5.47. The van der Waals surface area contributed by atoms with Gasteiger partial charge in [-0.05, 0) is 62.1 Å². The summed E-state index contributed by atoms with van der Waals surface area (Å²) >= 11 is 3.91. The Morgan fingerprint density at radius 2 is 1.76 bits per heavy atom. The molecule has 1 aliphatic carbocycles. The third-order valence-electron chi connectivity index (χ3n) is 4.23. The molecule has 1 unspecified atom stereocenters. The first-order valence-corrected chi connectivity index (χ1v) is 7.79. The summed E-state index contributed by atoms with van der Waals surface area (Å²) in [5.74, 6) is 0.930. The lowest BCUT2D eigenvalue weighted by molar-refractivity contribution is 0.505. The van der Waals surface area contributed by atoms with E-state index in [-0.39, 0.29) is 0 Å². The number of halogens is 1. The number of hydrogen-bond donors (Lipinski definition) is 0. The molecule has 1 aromatic rings. The van der Waals surface area contributed by atoms with Gasteiger partial charge < -0.3 is 0 Å². The van der Waals surface area contributed by atoms with Crippen molar-refractivity contribution >= 4 is 15.9 Å². The predicted molar refractivity (Wildman–Crippen MR) is 78.9 cm³/mol. The zero-order valence-electron chi connectivity index (χ0n) is 11.0. The summed E-state index contributed by atoms with van der Waals surface area (Å²) in [5.41, 5.74) is 4.47. The molecule has 2 rings (SSSR count). The van der Waals surface area contributed by atoms with E-state index in [0.29, 0.717) is 0 Å². The van der Waals surface area contributed by atoms with Gasteiger partial charge in [-0.3, -0.25) is 0 Å². The van der Waals surface area contributed by atoms with Crippen molar-refractivity contribution < 1.29 is 0 Å². The Bertz CT molecular complexity index is 344. The van der Waals surface area contributed by atoms with Crippen molar-refractivity contribution in [2.75, 3.05) is 0 Å². The molecule has 0 radical (unpaired) electrons. The van der Waals surface area contributed by atoms with Crippen LogP contribution in [0.1, 0.15) is 48.8 Å². The lowest BCUT2D eigenvalue weighted by Crippen LogP contribution is -2.12.